The fourth-order valence-corrected chi connectivity index (χ4v) is 2.67. The van der Waals surface area contributed by atoms with E-state index in [-0.39, 0.29) is 5.41 Å². The first-order valence-electron chi connectivity index (χ1n) is 8.95. The van der Waals surface area contributed by atoms with Crippen molar-refractivity contribution >= 4 is 5.96 Å². The van der Waals surface area contributed by atoms with Crippen LogP contribution >= 0.6 is 0 Å². The van der Waals surface area contributed by atoms with Gasteiger partial charge in [-0.2, -0.15) is 0 Å². The van der Waals surface area contributed by atoms with Crippen molar-refractivity contribution in [2.24, 2.45) is 10.9 Å². The summed E-state index contributed by atoms with van der Waals surface area (Å²) in [4.78, 5) is 11.3. The third-order valence-electron chi connectivity index (χ3n) is 4.32. The molecule has 6 nitrogen and oxygen atoms in total. The van der Waals surface area contributed by atoms with E-state index >= 15 is 0 Å². The number of guanidine groups is 1. The smallest absolute Gasteiger partial charge is 0.216 e. The van der Waals surface area contributed by atoms with Crippen LogP contribution in [0.25, 0.3) is 0 Å². The Kier molecular flexibility index (Phi) is 6.27. The lowest BCUT2D eigenvalue weighted by molar-refractivity contribution is 0.264. The van der Waals surface area contributed by atoms with E-state index in [0.29, 0.717) is 18.5 Å². The summed E-state index contributed by atoms with van der Waals surface area (Å²) < 4.78 is 5.81. The molecule has 1 fully saturated rings. The van der Waals surface area contributed by atoms with Crippen LogP contribution in [0.3, 0.4) is 0 Å². The van der Waals surface area contributed by atoms with Crippen LogP contribution in [0.15, 0.2) is 15.6 Å². The molecule has 0 bridgehead atoms. The van der Waals surface area contributed by atoms with Crippen LogP contribution in [0.1, 0.15) is 52.2 Å². The maximum atomic E-state index is 5.81. The van der Waals surface area contributed by atoms with Crippen molar-refractivity contribution in [2.75, 3.05) is 27.2 Å². The molecule has 0 spiro atoms. The fraction of sp³-hybridized carbons (Fsp3) is 0.778. The maximum Gasteiger partial charge on any atom is 0.216 e. The van der Waals surface area contributed by atoms with Gasteiger partial charge in [0.15, 0.2) is 5.96 Å². The number of nitrogens with zero attached hydrogens (tertiary/aromatic N) is 3. The summed E-state index contributed by atoms with van der Waals surface area (Å²) in [7, 11) is 4.30. The van der Waals surface area contributed by atoms with E-state index in [1.54, 1.807) is 6.20 Å². The van der Waals surface area contributed by atoms with Crippen LogP contribution in [0, 0.1) is 5.92 Å². The molecule has 136 valence electrons. The van der Waals surface area contributed by atoms with Crippen molar-refractivity contribution in [3.8, 4) is 0 Å². The predicted molar refractivity (Wildman–Crippen MR) is 98.2 cm³/mol. The summed E-state index contributed by atoms with van der Waals surface area (Å²) in [6.45, 7) is 10.6. The highest BCUT2D eigenvalue weighted by Gasteiger charge is 2.32. The first-order chi connectivity index (χ1) is 11.3. The zero-order valence-electron chi connectivity index (χ0n) is 16.0. The second kappa shape index (κ2) is 8.01. The van der Waals surface area contributed by atoms with Gasteiger partial charge in [-0.15, -0.1) is 0 Å². The zero-order chi connectivity index (χ0) is 17.7. The van der Waals surface area contributed by atoms with Gasteiger partial charge in [-0.3, -0.25) is 0 Å². The lowest BCUT2D eigenvalue weighted by atomic mass is 9.94. The summed E-state index contributed by atoms with van der Waals surface area (Å²) in [5.74, 6) is 3.19. The molecule has 1 unspecified atom stereocenters. The quantitative estimate of drug-likeness (QED) is 0.591. The molecule has 1 heterocycles. The van der Waals surface area contributed by atoms with E-state index in [4.69, 9.17) is 4.42 Å². The van der Waals surface area contributed by atoms with Gasteiger partial charge in [-0.1, -0.05) is 20.8 Å². The van der Waals surface area contributed by atoms with Crippen LogP contribution in [0.4, 0.5) is 0 Å². The van der Waals surface area contributed by atoms with Crippen LogP contribution in [-0.4, -0.2) is 49.1 Å². The Morgan fingerprint density at radius 2 is 2.08 bits per heavy atom. The third-order valence-corrected chi connectivity index (χ3v) is 4.32. The van der Waals surface area contributed by atoms with Gasteiger partial charge < -0.3 is 20.0 Å². The standard InChI is InChI=1S/C18H33N5O/c1-7-19-17(21-10-14(23(5)6)13-8-9-13)22-12-16-20-11-15(24-16)18(2,3)4/h11,13-14H,7-10,12H2,1-6H3,(H2,19,21,22). The molecule has 1 aromatic rings. The molecule has 1 aliphatic carbocycles. The number of likely N-dealkylation sites (N-methyl/N-ethyl adjacent to an activating group) is 1. The van der Waals surface area contributed by atoms with Gasteiger partial charge in [-0.05, 0) is 39.8 Å². The van der Waals surface area contributed by atoms with Crippen LogP contribution < -0.4 is 10.6 Å². The van der Waals surface area contributed by atoms with Crippen molar-refractivity contribution in [1.82, 2.24) is 20.5 Å². The molecule has 0 amide bonds. The third kappa shape index (κ3) is 5.51. The van der Waals surface area contributed by atoms with Crippen molar-refractivity contribution in [3.05, 3.63) is 17.8 Å². The second-order valence-electron chi connectivity index (χ2n) is 7.81. The molecule has 24 heavy (non-hydrogen) atoms. The molecular formula is C18H33N5O. The number of oxazole rings is 1. The molecule has 1 aromatic heterocycles. The van der Waals surface area contributed by atoms with E-state index in [1.165, 1.54) is 12.8 Å². The molecule has 6 heteroatoms. The van der Waals surface area contributed by atoms with Gasteiger partial charge in [0.25, 0.3) is 0 Å². The van der Waals surface area contributed by atoms with Gasteiger partial charge in [0, 0.05) is 24.5 Å². The van der Waals surface area contributed by atoms with Crippen LogP contribution in [0.5, 0.6) is 0 Å². The number of rotatable bonds is 7. The fourth-order valence-electron chi connectivity index (χ4n) is 2.67. The molecular weight excluding hydrogens is 302 g/mol. The van der Waals surface area contributed by atoms with E-state index in [1.807, 2.05) is 0 Å². The van der Waals surface area contributed by atoms with Gasteiger partial charge in [0.1, 0.15) is 12.3 Å². The lowest BCUT2D eigenvalue weighted by Crippen LogP contribution is -2.46. The first-order valence-corrected chi connectivity index (χ1v) is 8.95. The second-order valence-corrected chi connectivity index (χ2v) is 7.81. The van der Waals surface area contributed by atoms with E-state index < -0.39 is 0 Å². The normalized spacial score (nSPS) is 17.2. The first kappa shape index (κ1) is 18.8. The molecule has 1 saturated carbocycles. The number of hydrogen-bond donors (Lipinski definition) is 2. The Bertz CT molecular complexity index is 538. The highest BCUT2D eigenvalue weighted by molar-refractivity contribution is 5.79. The minimum atomic E-state index is -0.0269. The van der Waals surface area contributed by atoms with Crippen molar-refractivity contribution in [2.45, 2.75) is 58.5 Å². The van der Waals surface area contributed by atoms with Crippen molar-refractivity contribution < 1.29 is 4.42 Å². The van der Waals surface area contributed by atoms with E-state index in [2.05, 4.69) is 67.3 Å². The predicted octanol–water partition coefficient (Wildman–Crippen LogP) is 2.37. The minimum Gasteiger partial charge on any atom is -0.443 e. The Hall–Kier alpha value is -1.56. The maximum absolute atomic E-state index is 5.81. The molecule has 0 radical (unpaired) electrons. The highest BCUT2D eigenvalue weighted by atomic mass is 16.4. The van der Waals surface area contributed by atoms with Crippen molar-refractivity contribution in [3.63, 3.8) is 0 Å². The molecule has 1 atom stereocenters. The molecule has 0 saturated heterocycles. The van der Waals surface area contributed by atoms with Crippen LogP contribution in [0.2, 0.25) is 0 Å². The number of aromatic nitrogens is 1. The molecule has 1 aliphatic rings. The van der Waals surface area contributed by atoms with E-state index in [9.17, 15) is 0 Å². The van der Waals surface area contributed by atoms with E-state index in [0.717, 1.165) is 30.7 Å². The Labute approximate surface area is 146 Å². The summed E-state index contributed by atoms with van der Waals surface area (Å²) in [6.07, 6.45) is 4.48. The number of hydrogen-bond acceptors (Lipinski definition) is 4. The summed E-state index contributed by atoms with van der Waals surface area (Å²) in [6, 6.07) is 0.558. The van der Waals surface area contributed by atoms with Gasteiger partial charge >= 0.3 is 0 Å². The van der Waals surface area contributed by atoms with Crippen molar-refractivity contribution in [1.29, 1.82) is 0 Å². The Balaban J connectivity index is 1.93. The highest BCUT2D eigenvalue weighted by Crippen LogP contribution is 2.34. The van der Waals surface area contributed by atoms with Gasteiger partial charge in [-0.25, -0.2) is 9.98 Å². The molecule has 2 rings (SSSR count). The lowest BCUT2D eigenvalue weighted by Gasteiger charge is -2.25. The summed E-state index contributed by atoms with van der Waals surface area (Å²) >= 11 is 0. The SMILES string of the molecule is CCNC(=NCc1ncc(C(C)(C)C)o1)NCC(C1CC1)N(C)C. The monoisotopic (exact) mass is 335 g/mol. The summed E-state index contributed by atoms with van der Waals surface area (Å²) in [5, 5.41) is 6.75. The molecule has 0 aromatic carbocycles. The average molecular weight is 335 g/mol. The minimum absolute atomic E-state index is 0.0269. The zero-order valence-corrected chi connectivity index (χ0v) is 16.0. The number of nitrogens with one attached hydrogen (secondary N) is 2. The Morgan fingerprint density at radius 3 is 2.58 bits per heavy atom. The topological polar surface area (TPSA) is 65.7 Å². The van der Waals surface area contributed by atoms with Gasteiger partial charge in [0.2, 0.25) is 5.89 Å². The number of aliphatic imine (C=N–C) groups is 1. The summed E-state index contributed by atoms with van der Waals surface area (Å²) in [5.41, 5.74) is -0.0269. The largest absolute Gasteiger partial charge is 0.443 e. The molecule has 0 aliphatic heterocycles. The van der Waals surface area contributed by atoms with Crippen LogP contribution in [-0.2, 0) is 12.0 Å². The molecule has 2 N–H and O–H groups in total. The van der Waals surface area contributed by atoms with Gasteiger partial charge in [0.05, 0.1) is 6.20 Å². The average Bonchev–Trinajstić information content (AvgIpc) is 3.19. The Morgan fingerprint density at radius 1 is 1.38 bits per heavy atom.